The van der Waals surface area contributed by atoms with E-state index in [1.165, 1.54) is 0 Å². The molecule has 0 saturated carbocycles. The largest absolute Gasteiger partial charge is 0.477 e. The number of benzene rings is 1. The van der Waals surface area contributed by atoms with Crippen LogP contribution in [-0.4, -0.2) is 24.5 Å². The number of carboxylic acid groups (broad SMARTS) is 1. The third-order valence-electron chi connectivity index (χ3n) is 2.58. The molecule has 0 saturated heterocycles. The third-order valence-corrected chi connectivity index (χ3v) is 4.21. The first-order chi connectivity index (χ1) is 9.38. The number of rotatable bonds is 5. The van der Waals surface area contributed by atoms with E-state index >= 15 is 0 Å². The van der Waals surface area contributed by atoms with E-state index in [1.807, 2.05) is 0 Å². The average molecular weight is 315 g/mol. The van der Waals surface area contributed by atoms with E-state index in [9.17, 15) is 13.2 Å². The van der Waals surface area contributed by atoms with Crippen molar-refractivity contribution in [3.05, 3.63) is 52.8 Å². The summed E-state index contributed by atoms with van der Waals surface area (Å²) in [5.74, 6) is -1.22. The topological polar surface area (TPSA) is 99.3 Å². The Morgan fingerprint density at radius 3 is 2.50 bits per heavy atom. The van der Waals surface area contributed by atoms with Crippen LogP contribution in [-0.2, 0) is 16.6 Å². The molecular formula is C12H11ClN2O4S. The molecule has 0 radical (unpaired) electrons. The van der Waals surface area contributed by atoms with Gasteiger partial charge in [-0.3, -0.25) is 0 Å². The number of aromatic amines is 1. The normalized spacial score (nSPS) is 11.4. The lowest BCUT2D eigenvalue weighted by molar-refractivity contribution is 0.0691. The lowest BCUT2D eigenvalue weighted by Crippen LogP contribution is -2.22. The number of aromatic nitrogens is 1. The van der Waals surface area contributed by atoms with Gasteiger partial charge in [0, 0.05) is 17.8 Å². The molecule has 0 aliphatic carbocycles. The molecule has 8 heteroatoms. The molecule has 0 unspecified atom stereocenters. The summed E-state index contributed by atoms with van der Waals surface area (Å²) in [7, 11) is -3.76. The predicted octanol–water partition coefficient (Wildman–Crippen LogP) is 1.84. The lowest BCUT2D eigenvalue weighted by Gasteiger charge is -2.05. The highest BCUT2D eigenvalue weighted by Crippen LogP contribution is 2.13. The van der Waals surface area contributed by atoms with Gasteiger partial charge in [0.1, 0.15) is 10.6 Å². The number of nitrogens with one attached hydrogen (secondary N) is 2. The highest BCUT2D eigenvalue weighted by molar-refractivity contribution is 7.89. The number of sulfonamides is 1. The summed E-state index contributed by atoms with van der Waals surface area (Å²) in [5, 5.41) is 9.30. The smallest absolute Gasteiger partial charge is 0.352 e. The van der Waals surface area contributed by atoms with E-state index in [2.05, 4.69) is 9.71 Å². The molecule has 6 nitrogen and oxygen atoms in total. The monoisotopic (exact) mass is 314 g/mol. The second kappa shape index (κ2) is 5.66. The van der Waals surface area contributed by atoms with E-state index < -0.39 is 16.0 Å². The van der Waals surface area contributed by atoms with Crippen molar-refractivity contribution in [3.8, 4) is 0 Å². The first-order valence-corrected chi connectivity index (χ1v) is 7.40. The van der Waals surface area contributed by atoms with Crippen LogP contribution in [0.4, 0.5) is 0 Å². The second-order valence-corrected chi connectivity index (χ2v) is 6.21. The molecule has 0 bridgehead atoms. The molecule has 1 heterocycles. The fourth-order valence-electron chi connectivity index (χ4n) is 1.52. The van der Waals surface area contributed by atoms with Crippen LogP contribution in [0, 0.1) is 0 Å². The zero-order chi connectivity index (χ0) is 14.8. The van der Waals surface area contributed by atoms with E-state index in [4.69, 9.17) is 16.7 Å². The lowest BCUT2D eigenvalue weighted by atomic mass is 10.2. The van der Waals surface area contributed by atoms with Crippen molar-refractivity contribution in [2.45, 2.75) is 11.4 Å². The van der Waals surface area contributed by atoms with E-state index in [0.29, 0.717) is 5.02 Å². The number of hydrogen-bond donors (Lipinski definition) is 3. The Kier molecular flexibility index (Phi) is 4.12. The minimum atomic E-state index is -3.76. The Labute approximate surface area is 120 Å². The zero-order valence-corrected chi connectivity index (χ0v) is 11.7. The molecule has 106 valence electrons. The molecule has 1 aromatic carbocycles. The van der Waals surface area contributed by atoms with Gasteiger partial charge in [0.25, 0.3) is 0 Å². The Balaban J connectivity index is 2.10. The SMILES string of the molecule is O=C(O)c1cc(S(=O)(=O)NCc2ccc(Cl)cc2)c[nH]1. The van der Waals surface area contributed by atoms with Crippen LogP contribution in [0.15, 0.2) is 41.4 Å². The molecule has 2 rings (SSSR count). The van der Waals surface area contributed by atoms with Gasteiger partial charge in [-0.25, -0.2) is 17.9 Å². The minimum Gasteiger partial charge on any atom is -0.477 e. The minimum absolute atomic E-state index is 0.0904. The highest BCUT2D eigenvalue weighted by atomic mass is 35.5. The van der Waals surface area contributed by atoms with Gasteiger partial charge in [-0.15, -0.1) is 0 Å². The zero-order valence-electron chi connectivity index (χ0n) is 10.1. The van der Waals surface area contributed by atoms with Crippen LogP contribution in [0.25, 0.3) is 0 Å². The van der Waals surface area contributed by atoms with Gasteiger partial charge in [0.05, 0.1) is 0 Å². The summed E-state index contributed by atoms with van der Waals surface area (Å²) in [6, 6.07) is 7.77. The number of halogens is 1. The molecule has 0 aliphatic heterocycles. The van der Waals surface area contributed by atoms with Gasteiger partial charge in [-0.2, -0.15) is 0 Å². The van der Waals surface area contributed by atoms with Gasteiger partial charge in [-0.05, 0) is 23.8 Å². The van der Waals surface area contributed by atoms with Crippen molar-refractivity contribution in [1.82, 2.24) is 9.71 Å². The van der Waals surface area contributed by atoms with Crippen molar-refractivity contribution in [2.75, 3.05) is 0 Å². The molecule has 1 aromatic heterocycles. The van der Waals surface area contributed by atoms with Crippen molar-refractivity contribution in [2.24, 2.45) is 0 Å². The maximum atomic E-state index is 12.0. The van der Waals surface area contributed by atoms with Gasteiger partial charge in [-0.1, -0.05) is 23.7 Å². The summed E-state index contributed by atoms with van der Waals surface area (Å²) in [4.78, 5) is 13.0. The number of H-pyrrole nitrogens is 1. The summed E-state index contributed by atoms with van der Waals surface area (Å²) in [6.45, 7) is 0.0904. The van der Waals surface area contributed by atoms with Crippen molar-refractivity contribution in [3.63, 3.8) is 0 Å². The van der Waals surface area contributed by atoms with Gasteiger partial charge < -0.3 is 10.1 Å². The Hall–Kier alpha value is -1.83. The van der Waals surface area contributed by atoms with Gasteiger partial charge in [0.2, 0.25) is 10.0 Å². The van der Waals surface area contributed by atoms with E-state index in [0.717, 1.165) is 17.8 Å². The maximum absolute atomic E-state index is 12.0. The highest BCUT2D eigenvalue weighted by Gasteiger charge is 2.17. The first-order valence-electron chi connectivity index (χ1n) is 5.54. The second-order valence-electron chi connectivity index (χ2n) is 4.01. The molecule has 0 aliphatic rings. The number of hydrogen-bond acceptors (Lipinski definition) is 3. The molecule has 2 aromatic rings. The molecule has 0 amide bonds. The quantitative estimate of drug-likeness (QED) is 0.784. The number of aromatic carboxylic acids is 1. The van der Waals surface area contributed by atoms with Crippen LogP contribution in [0.1, 0.15) is 16.1 Å². The number of carboxylic acids is 1. The average Bonchev–Trinajstić information content (AvgIpc) is 2.89. The van der Waals surface area contributed by atoms with Gasteiger partial charge >= 0.3 is 5.97 Å². The van der Waals surface area contributed by atoms with E-state index in [1.54, 1.807) is 24.3 Å². The molecule has 3 N–H and O–H groups in total. The Morgan fingerprint density at radius 1 is 1.30 bits per heavy atom. The van der Waals surface area contributed by atoms with Crippen LogP contribution in [0.2, 0.25) is 5.02 Å². The molecule has 0 spiro atoms. The van der Waals surface area contributed by atoms with Crippen molar-refractivity contribution in [1.29, 1.82) is 0 Å². The van der Waals surface area contributed by atoms with Crippen LogP contribution in [0.5, 0.6) is 0 Å². The van der Waals surface area contributed by atoms with Crippen LogP contribution < -0.4 is 4.72 Å². The first kappa shape index (κ1) is 14.6. The predicted molar refractivity (Wildman–Crippen MR) is 73.2 cm³/mol. The molecule has 20 heavy (non-hydrogen) atoms. The fourth-order valence-corrected chi connectivity index (χ4v) is 2.65. The van der Waals surface area contributed by atoms with Crippen molar-refractivity contribution < 1.29 is 18.3 Å². The fraction of sp³-hybridized carbons (Fsp3) is 0.0833. The van der Waals surface area contributed by atoms with Gasteiger partial charge in [0.15, 0.2) is 0 Å². The standard InChI is InChI=1S/C12H11ClN2O4S/c13-9-3-1-8(2-4-9)6-15-20(18,19)10-5-11(12(16)17)14-7-10/h1-5,7,14-15H,6H2,(H,16,17). The summed E-state index contributed by atoms with van der Waals surface area (Å²) >= 11 is 5.73. The van der Waals surface area contributed by atoms with Crippen LogP contribution >= 0.6 is 11.6 Å². The third kappa shape index (κ3) is 3.38. The molecule has 0 fully saturated rings. The van der Waals surface area contributed by atoms with E-state index in [-0.39, 0.29) is 17.1 Å². The number of carbonyl (C=O) groups is 1. The summed E-state index contributed by atoms with van der Waals surface area (Å²) < 4.78 is 26.3. The molecular weight excluding hydrogens is 304 g/mol. The maximum Gasteiger partial charge on any atom is 0.352 e. The van der Waals surface area contributed by atoms with Crippen molar-refractivity contribution >= 4 is 27.6 Å². The summed E-state index contributed by atoms with van der Waals surface area (Å²) in [6.07, 6.45) is 1.13. The van der Waals surface area contributed by atoms with Crippen LogP contribution in [0.3, 0.4) is 0 Å². The Morgan fingerprint density at radius 2 is 1.95 bits per heavy atom. The summed E-state index contributed by atoms with van der Waals surface area (Å²) in [5.41, 5.74) is 0.559. The molecule has 0 atom stereocenters. The Bertz CT molecular complexity index is 722.